The number of methoxy groups -OCH3 is 1. The number of anilines is 1. The second-order valence-corrected chi connectivity index (χ2v) is 5.09. The molecule has 0 unspecified atom stereocenters. The van der Waals surface area contributed by atoms with Gasteiger partial charge in [-0.3, -0.25) is 15.6 Å². The molecule has 3 N–H and O–H groups in total. The predicted molar refractivity (Wildman–Crippen MR) is 91.3 cm³/mol. The van der Waals surface area contributed by atoms with E-state index in [2.05, 4.69) is 16.2 Å². The summed E-state index contributed by atoms with van der Waals surface area (Å²) in [6.45, 7) is 0. The Morgan fingerprint density at radius 3 is 2.55 bits per heavy atom. The molecule has 0 atom stereocenters. The maximum atomic E-state index is 12.1. The lowest BCUT2D eigenvalue weighted by Crippen LogP contribution is -2.43. The Morgan fingerprint density at radius 2 is 1.86 bits per heavy atom. The number of halogens is 1. The van der Waals surface area contributed by atoms with Gasteiger partial charge in [-0.25, -0.2) is 0 Å². The number of hydrazine groups is 1. The lowest BCUT2D eigenvalue weighted by molar-refractivity contribution is 0.0941. The molecule has 0 spiro atoms. The first-order valence-electron chi connectivity index (χ1n) is 6.36. The van der Waals surface area contributed by atoms with Gasteiger partial charge >= 0.3 is 0 Å². The van der Waals surface area contributed by atoms with E-state index in [9.17, 15) is 4.79 Å². The van der Waals surface area contributed by atoms with E-state index in [4.69, 9.17) is 28.6 Å². The zero-order valence-electron chi connectivity index (χ0n) is 11.7. The van der Waals surface area contributed by atoms with E-state index >= 15 is 0 Å². The maximum absolute atomic E-state index is 12.1. The minimum atomic E-state index is -0.406. The fourth-order valence-electron chi connectivity index (χ4n) is 1.72. The minimum absolute atomic E-state index is 0.264. The van der Waals surface area contributed by atoms with Crippen molar-refractivity contribution in [2.45, 2.75) is 0 Å². The van der Waals surface area contributed by atoms with Crippen molar-refractivity contribution in [3.05, 3.63) is 59.1 Å². The second kappa shape index (κ2) is 7.63. The van der Waals surface area contributed by atoms with E-state index in [0.717, 1.165) is 5.69 Å². The summed E-state index contributed by atoms with van der Waals surface area (Å²) in [5.74, 6) is 0.0159. The fraction of sp³-hybridized carbons (Fsp3) is 0.0667. The van der Waals surface area contributed by atoms with E-state index in [1.807, 2.05) is 30.3 Å². The third-order valence-corrected chi connectivity index (χ3v) is 3.17. The number of hydrogen-bond donors (Lipinski definition) is 3. The molecule has 0 aromatic heterocycles. The second-order valence-electron chi connectivity index (χ2n) is 4.24. The minimum Gasteiger partial charge on any atom is -0.496 e. The van der Waals surface area contributed by atoms with Crippen LogP contribution in [0, 0.1) is 0 Å². The molecule has 2 rings (SSSR count). The number of benzene rings is 2. The molecule has 0 radical (unpaired) electrons. The van der Waals surface area contributed by atoms with Crippen LogP contribution >= 0.6 is 23.8 Å². The Kier molecular flexibility index (Phi) is 5.57. The largest absolute Gasteiger partial charge is 0.496 e. The molecular formula is C15H14ClN3O2S. The Balaban J connectivity index is 1.95. The van der Waals surface area contributed by atoms with Crippen LogP contribution in [0.3, 0.4) is 0 Å². The zero-order valence-corrected chi connectivity index (χ0v) is 13.3. The lowest BCUT2D eigenvalue weighted by Gasteiger charge is -2.13. The Labute approximate surface area is 138 Å². The average Bonchev–Trinajstić information content (AvgIpc) is 2.53. The molecule has 7 heteroatoms. The van der Waals surface area contributed by atoms with Gasteiger partial charge in [0.05, 0.1) is 12.7 Å². The number of ether oxygens (including phenoxy) is 1. The van der Waals surface area contributed by atoms with Crippen LogP contribution in [0.5, 0.6) is 5.75 Å². The number of rotatable bonds is 3. The number of para-hydroxylation sites is 1. The monoisotopic (exact) mass is 335 g/mol. The van der Waals surface area contributed by atoms with Crippen molar-refractivity contribution in [2.75, 3.05) is 12.4 Å². The molecule has 2 aromatic carbocycles. The molecule has 1 amide bonds. The molecule has 0 aliphatic rings. The maximum Gasteiger partial charge on any atom is 0.273 e. The number of nitrogens with one attached hydrogen (secondary N) is 3. The molecule has 2 aromatic rings. The third kappa shape index (κ3) is 4.34. The summed E-state index contributed by atoms with van der Waals surface area (Å²) in [5.41, 5.74) is 6.24. The van der Waals surface area contributed by atoms with Gasteiger partial charge < -0.3 is 10.1 Å². The molecule has 0 bridgehead atoms. The van der Waals surface area contributed by atoms with E-state index in [1.54, 1.807) is 12.1 Å². The SMILES string of the molecule is COc1ccc(Cl)cc1C(=O)NNC(=S)Nc1ccccc1. The summed E-state index contributed by atoms with van der Waals surface area (Å²) >= 11 is 11.0. The van der Waals surface area contributed by atoms with Gasteiger partial charge in [-0.2, -0.15) is 0 Å². The van der Waals surface area contributed by atoms with Gasteiger partial charge in [0.1, 0.15) is 5.75 Å². The van der Waals surface area contributed by atoms with Crippen molar-refractivity contribution in [3.8, 4) is 5.75 Å². The summed E-state index contributed by atoms with van der Waals surface area (Å²) in [6, 6.07) is 14.1. The third-order valence-electron chi connectivity index (χ3n) is 2.73. The van der Waals surface area contributed by atoms with Crippen LogP contribution in [0.4, 0.5) is 5.69 Å². The zero-order chi connectivity index (χ0) is 15.9. The van der Waals surface area contributed by atoms with Crippen LogP contribution < -0.4 is 20.9 Å². The number of carbonyl (C=O) groups is 1. The first-order valence-corrected chi connectivity index (χ1v) is 7.14. The Hall–Kier alpha value is -2.31. The summed E-state index contributed by atoms with van der Waals surface area (Å²) in [6.07, 6.45) is 0. The molecule has 0 saturated carbocycles. The molecule has 22 heavy (non-hydrogen) atoms. The van der Waals surface area contributed by atoms with Crippen molar-refractivity contribution >= 4 is 40.5 Å². The molecule has 114 valence electrons. The van der Waals surface area contributed by atoms with Gasteiger partial charge in [-0.1, -0.05) is 29.8 Å². The smallest absolute Gasteiger partial charge is 0.273 e. The highest BCUT2D eigenvalue weighted by Crippen LogP contribution is 2.22. The number of carbonyl (C=O) groups excluding carboxylic acids is 1. The van der Waals surface area contributed by atoms with Crippen LogP contribution in [0.1, 0.15) is 10.4 Å². The Bertz CT molecular complexity index is 680. The molecule has 0 fully saturated rings. The number of hydrogen-bond acceptors (Lipinski definition) is 3. The summed E-state index contributed by atoms with van der Waals surface area (Å²) in [5, 5.41) is 3.64. The standard InChI is InChI=1S/C15H14ClN3O2S/c1-21-13-8-7-10(16)9-12(13)14(20)18-19-15(22)17-11-5-3-2-4-6-11/h2-9H,1H3,(H,18,20)(H2,17,19,22). The van der Waals surface area contributed by atoms with Crippen LogP contribution in [-0.2, 0) is 0 Å². The average molecular weight is 336 g/mol. The van der Waals surface area contributed by atoms with Crippen molar-refractivity contribution in [1.29, 1.82) is 0 Å². The highest BCUT2D eigenvalue weighted by atomic mass is 35.5. The molecule has 0 aliphatic heterocycles. The van der Waals surface area contributed by atoms with Crippen molar-refractivity contribution in [2.24, 2.45) is 0 Å². The van der Waals surface area contributed by atoms with Gasteiger partial charge in [0.25, 0.3) is 5.91 Å². The molecule has 5 nitrogen and oxygen atoms in total. The van der Waals surface area contributed by atoms with Gasteiger partial charge in [0.2, 0.25) is 0 Å². The number of amides is 1. The molecule has 0 aliphatic carbocycles. The Morgan fingerprint density at radius 1 is 1.14 bits per heavy atom. The van der Waals surface area contributed by atoms with Gasteiger partial charge in [0.15, 0.2) is 5.11 Å². The van der Waals surface area contributed by atoms with Crippen LogP contribution in [0.2, 0.25) is 5.02 Å². The van der Waals surface area contributed by atoms with E-state index < -0.39 is 5.91 Å². The van der Waals surface area contributed by atoms with E-state index in [0.29, 0.717) is 16.3 Å². The van der Waals surface area contributed by atoms with Crippen LogP contribution in [-0.4, -0.2) is 18.1 Å². The predicted octanol–water partition coefficient (Wildman–Crippen LogP) is 2.98. The summed E-state index contributed by atoms with van der Waals surface area (Å²) in [7, 11) is 1.48. The first-order chi connectivity index (χ1) is 10.6. The first kappa shape index (κ1) is 16.1. The van der Waals surface area contributed by atoms with E-state index in [-0.39, 0.29) is 5.11 Å². The fourth-order valence-corrected chi connectivity index (χ4v) is 2.06. The lowest BCUT2D eigenvalue weighted by atomic mass is 10.2. The molecule has 0 heterocycles. The highest BCUT2D eigenvalue weighted by Gasteiger charge is 2.13. The van der Waals surface area contributed by atoms with Crippen LogP contribution in [0.25, 0.3) is 0 Å². The summed E-state index contributed by atoms with van der Waals surface area (Å²) in [4.78, 5) is 12.1. The summed E-state index contributed by atoms with van der Waals surface area (Å²) < 4.78 is 5.13. The van der Waals surface area contributed by atoms with Gasteiger partial charge in [0, 0.05) is 10.7 Å². The number of thiocarbonyl (C=S) groups is 1. The topological polar surface area (TPSA) is 62.4 Å². The normalized spacial score (nSPS) is 9.73. The van der Waals surface area contributed by atoms with Crippen molar-refractivity contribution < 1.29 is 9.53 Å². The molecular weight excluding hydrogens is 322 g/mol. The van der Waals surface area contributed by atoms with Crippen LogP contribution in [0.15, 0.2) is 48.5 Å². The van der Waals surface area contributed by atoms with Gasteiger partial charge in [-0.05, 0) is 42.5 Å². The molecule has 0 saturated heterocycles. The van der Waals surface area contributed by atoms with Crippen molar-refractivity contribution in [3.63, 3.8) is 0 Å². The highest BCUT2D eigenvalue weighted by molar-refractivity contribution is 7.80. The quantitative estimate of drug-likeness (QED) is 0.594. The van der Waals surface area contributed by atoms with Gasteiger partial charge in [-0.15, -0.1) is 0 Å². The van der Waals surface area contributed by atoms with E-state index in [1.165, 1.54) is 13.2 Å². The van der Waals surface area contributed by atoms with Crippen molar-refractivity contribution in [1.82, 2.24) is 10.9 Å².